The zero-order valence-corrected chi connectivity index (χ0v) is 19.0. The van der Waals surface area contributed by atoms with Gasteiger partial charge in [-0.25, -0.2) is 0 Å². The minimum absolute atomic E-state index is 0.0434. The fourth-order valence-corrected chi connectivity index (χ4v) is 5.08. The molecule has 3 atom stereocenters. The number of hydrogen-bond acceptors (Lipinski definition) is 8. The lowest BCUT2D eigenvalue weighted by Gasteiger charge is -2.44. The van der Waals surface area contributed by atoms with Crippen LogP contribution in [0.15, 0.2) is 24.3 Å². The van der Waals surface area contributed by atoms with E-state index in [9.17, 15) is 0 Å². The first-order valence-electron chi connectivity index (χ1n) is 11.0. The first kappa shape index (κ1) is 21.0. The Balaban J connectivity index is 1.64. The van der Waals surface area contributed by atoms with Gasteiger partial charge < -0.3 is 33.7 Å². The van der Waals surface area contributed by atoms with Crippen molar-refractivity contribution in [3.05, 3.63) is 35.4 Å². The number of piperazine rings is 1. The van der Waals surface area contributed by atoms with Crippen LogP contribution in [0.2, 0.25) is 0 Å². The maximum absolute atomic E-state index is 6.59. The Morgan fingerprint density at radius 1 is 0.875 bits per heavy atom. The largest absolute Gasteiger partial charge is 0.493 e. The fraction of sp³-hybridized carbons (Fsp3) is 0.500. The van der Waals surface area contributed by atoms with Gasteiger partial charge in [0.05, 0.1) is 21.3 Å². The summed E-state index contributed by atoms with van der Waals surface area (Å²) < 4.78 is 34.8. The molecule has 172 valence electrons. The molecule has 0 amide bonds. The van der Waals surface area contributed by atoms with E-state index in [1.807, 2.05) is 18.2 Å². The van der Waals surface area contributed by atoms with E-state index in [1.165, 1.54) is 0 Å². The van der Waals surface area contributed by atoms with Crippen LogP contribution in [-0.2, 0) is 0 Å². The minimum atomic E-state index is -0.0611. The number of nitrogens with one attached hydrogen (secondary N) is 1. The van der Waals surface area contributed by atoms with Gasteiger partial charge in [-0.1, -0.05) is 6.92 Å². The summed E-state index contributed by atoms with van der Waals surface area (Å²) in [7, 11) is 4.90. The molecule has 0 bridgehead atoms. The summed E-state index contributed by atoms with van der Waals surface area (Å²) in [6.07, 6.45) is -0.0611. The van der Waals surface area contributed by atoms with Gasteiger partial charge in [0.2, 0.25) is 12.5 Å². The highest BCUT2D eigenvalue weighted by atomic mass is 16.7. The smallest absolute Gasteiger partial charge is 0.231 e. The summed E-state index contributed by atoms with van der Waals surface area (Å²) in [4.78, 5) is 2.42. The van der Waals surface area contributed by atoms with E-state index in [0.29, 0.717) is 17.2 Å². The molecule has 32 heavy (non-hydrogen) atoms. The van der Waals surface area contributed by atoms with Crippen molar-refractivity contribution in [1.82, 2.24) is 10.2 Å². The van der Waals surface area contributed by atoms with E-state index in [1.54, 1.807) is 21.3 Å². The summed E-state index contributed by atoms with van der Waals surface area (Å²) in [5, 5.41) is 3.43. The predicted molar refractivity (Wildman–Crippen MR) is 119 cm³/mol. The second kappa shape index (κ2) is 8.60. The molecule has 0 spiro atoms. The molecule has 1 fully saturated rings. The van der Waals surface area contributed by atoms with Gasteiger partial charge in [-0.3, -0.25) is 4.90 Å². The van der Waals surface area contributed by atoms with Gasteiger partial charge in [-0.15, -0.1) is 0 Å². The Kier molecular flexibility index (Phi) is 5.65. The highest BCUT2D eigenvalue weighted by Crippen LogP contribution is 2.51. The van der Waals surface area contributed by atoms with Gasteiger partial charge in [0.15, 0.2) is 29.2 Å². The van der Waals surface area contributed by atoms with E-state index >= 15 is 0 Å². The van der Waals surface area contributed by atoms with Gasteiger partial charge in [0.1, 0.15) is 5.75 Å². The SMILES string of the molecule is COc1cc([C@@H]2c3cc4c(cc3O[C@H](N3CCNCC3)[C@@H]2C)OCO4)cc(OC)c1OC. The molecule has 0 aromatic heterocycles. The van der Waals surface area contributed by atoms with E-state index in [0.717, 1.165) is 54.6 Å². The number of hydrogen-bond donors (Lipinski definition) is 1. The van der Waals surface area contributed by atoms with E-state index in [4.69, 9.17) is 28.4 Å². The molecule has 8 nitrogen and oxygen atoms in total. The number of ether oxygens (including phenoxy) is 6. The maximum atomic E-state index is 6.59. The van der Waals surface area contributed by atoms with Crippen LogP contribution < -0.4 is 33.7 Å². The third kappa shape index (κ3) is 3.47. The lowest BCUT2D eigenvalue weighted by Crippen LogP contribution is -2.54. The Hall–Kier alpha value is -2.84. The second-order valence-corrected chi connectivity index (χ2v) is 8.33. The monoisotopic (exact) mass is 442 g/mol. The van der Waals surface area contributed by atoms with Crippen molar-refractivity contribution in [2.75, 3.05) is 54.3 Å². The van der Waals surface area contributed by atoms with Crippen molar-refractivity contribution in [3.8, 4) is 34.5 Å². The van der Waals surface area contributed by atoms with Gasteiger partial charge in [-0.05, 0) is 23.8 Å². The third-order valence-electron chi connectivity index (χ3n) is 6.62. The zero-order chi connectivity index (χ0) is 22.2. The minimum Gasteiger partial charge on any atom is -0.493 e. The van der Waals surface area contributed by atoms with Crippen molar-refractivity contribution < 1.29 is 28.4 Å². The molecule has 5 rings (SSSR count). The van der Waals surface area contributed by atoms with Crippen LogP contribution in [0.25, 0.3) is 0 Å². The fourth-order valence-electron chi connectivity index (χ4n) is 5.08. The number of fused-ring (bicyclic) bond motifs is 2. The molecule has 3 heterocycles. The highest BCUT2D eigenvalue weighted by Gasteiger charge is 2.41. The molecular formula is C24H30N2O6. The van der Waals surface area contributed by atoms with Crippen LogP contribution in [0.1, 0.15) is 24.0 Å². The molecule has 0 radical (unpaired) electrons. The van der Waals surface area contributed by atoms with Crippen molar-refractivity contribution in [3.63, 3.8) is 0 Å². The number of nitrogens with zero attached hydrogens (tertiary/aromatic N) is 1. The van der Waals surface area contributed by atoms with E-state index in [2.05, 4.69) is 23.2 Å². The van der Waals surface area contributed by atoms with Gasteiger partial charge in [-0.2, -0.15) is 0 Å². The Labute approximate surface area is 188 Å². The van der Waals surface area contributed by atoms with Crippen molar-refractivity contribution in [2.45, 2.75) is 19.1 Å². The van der Waals surface area contributed by atoms with Crippen LogP contribution in [0.5, 0.6) is 34.5 Å². The second-order valence-electron chi connectivity index (χ2n) is 8.33. The molecule has 0 saturated carbocycles. The Morgan fingerprint density at radius 2 is 1.53 bits per heavy atom. The van der Waals surface area contributed by atoms with E-state index in [-0.39, 0.29) is 24.9 Å². The number of benzene rings is 2. The maximum Gasteiger partial charge on any atom is 0.231 e. The third-order valence-corrected chi connectivity index (χ3v) is 6.62. The van der Waals surface area contributed by atoms with Crippen molar-refractivity contribution >= 4 is 0 Å². The molecule has 2 aromatic rings. The molecule has 1 N–H and O–H groups in total. The van der Waals surface area contributed by atoms with Crippen LogP contribution in [0, 0.1) is 5.92 Å². The Bertz CT molecular complexity index is 966. The highest BCUT2D eigenvalue weighted by molar-refractivity contribution is 5.60. The molecule has 2 aromatic carbocycles. The standard InChI is InChI=1S/C24H30N2O6/c1-14-22(15-9-20(27-2)23(29-4)21(10-15)28-3)16-11-18-19(31-13-30-18)12-17(16)32-24(14)26-7-5-25-6-8-26/h9-12,14,22,24-25H,5-8,13H2,1-4H3/t14-,22-,24+/m1/s1. The summed E-state index contributed by atoms with van der Waals surface area (Å²) in [5.41, 5.74) is 2.15. The summed E-state index contributed by atoms with van der Waals surface area (Å²) in [6.45, 7) is 6.26. The van der Waals surface area contributed by atoms with Crippen LogP contribution in [0.3, 0.4) is 0 Å². The van der Waals surface area contributed by atoms with Gasteiger partial charge >= 0.3 is 0 Å². The topological polar surface area (TPSA) is 70.7 Å². The molecular weight excluding hydrogens is 412 g/mol. The number of methoxy groups -OCH3 is 3. The van der Waals surface area contributed by atoms with Gasteiger partial charge in [0, 0.05) is 49.6 Å². The summed E-state index contributed by atoms with van der Waals surface area (Å²) in [5.74, 6) is 4.38. The lowest BCUT2D eigenvalue weighted by atomic mass is 9.77. The lowest BCUT2D eigenvalue weighted by molar-refractivity contribution is -0.0368. The van der Waals surface area contributed by atoms with E-state index < -0.39 is 0 Å². The Morgan fingerprint density at radius 3 is 2.16 bits per heavy atom. The molecule has 3 aliphatic heterocycles. The quantitative estimate of drug-likeness (QED) is 0.758. The summed E-state index contributed by atoms with van der Waals surface area (Å²) >= 11 is 0. The van der Waals surface area contributed by atoms with Crippen LogP contribution in [0.4, 0.5) is 0 Å². The number of rotatable bonds is 5. The average Bonchev–Trinajstić information content (AvgIpc) is 3.29. The van der Waals surface area contributed by atoms with Crippen molar-refractivity contribution in [2.24, 2.45) is 5.92 Å². The molecule has 1 saturated heterocycles. The first-order valence-corrected chi connectivity index (χ1v) is 11.0. The first-order chi connectivity index (χ1) is 15.6. The molecule has 3 aliphatic rings. The average molecular weight is 443 g/mol. The zero-order valence-electron chi connectivity index (χ0n) is 19.0. The van der Waals surface area contributed by atoms with Crippen molar-refractivity contribution in [1.29, 1.82) is 0 Å². The van der Waals surface area contributed by atoms with Gasteiger partial charge in [0.25, 0.3) is 0 Å². The predicted octanol–water partition coefficient (Wildman–Crippen LogP) is 2.83. The molecule has 0 unspecified atom stereocenters. The van der Waals surface area contributed by atoms with Crippen LogP contribution in [-0.4, -0.2) is 65.4 Å². The normalized spacial score (nSPS) is 24.4. The molecule has 8 heteroatoms. The summed E-state index contributed by atoms with van der Waals surface area (Å²) in [6, 6.07) is 8.09. The molecule has 0 aliphatic carbocycles. The van der Waals surface area contributed by atoms with Crippen LogP contribution >= 0.6 is 0 Å².